The van der Waals surface area contributed by atoms with Crippen LogP contribution in [0.25, 0.3) is 11.0 Å². The molecule has 0 amide bonds. The van der Waals surface area contributed by atoms with Crippen LogP contribution in [-0.2, 0) is 0 Å². The fourth-order valence-corrected chi connectivity index (χ4v) is 3.06. The van der Waals surface area contributed by atoms with Gasteiger partial charge in [0.2, 0.25) is 0 Å². The van der Waals surface area contributed by atoms with Gasteiger partial charge in [-0.3, -0.25) is 4.79 Å². The minimum atomic E-state index is 0.182. The Morgan fingerprint density at radius 3 is 2.42 bits per heavy atom. The lowest BCUT2D eigenvalue weighted by Gasteiger charge is -2.17. The number of Topliss-reactive ketones (excluding diaryl/α,β-unsaturated/α-hetero) is 1. The number of pyridine rings is 1. The van der Waals surface area contributed by atoms with E-state index in [4.69, 9.17) is 4.98 Å². The van der Waals surface area contributed by atoms with Crippen LogP contribution in [0.1, 0.15) is 69.1 Å². The number of ketones is 1. The van der Waals surface area contributed by atoms with Gasteiger partial charge in [0.25, 0.3) is 0 Å². The number of rotatable bonds is 7. The van der Waals surface area contributed by atoms with Crippen LogP contribution < -0.4 is 0 Å². The highest BCUT2D eigenvalue weighted by Gasteiger charge is 2.20. The summed E-state index contributed by atoms with van der Waals surface area (Å²) in [4.78, 5) is 19.8. The zero-order valence-electron chi connectivity index (χ0n) is 16.0. The molecule has 0 fully saturated rings. The maximum absolute atomic E-state index is 12.9. The molecule has 132 valence electrons. The van der Waals surface area contributed by atoms with Crippen molar-refractivity contribution in [3.8, 4) is 0 Å². The molecule has 5 nitrogen and oxygen atoms in total. The Morgan fingerprint density at radius 1 is 1.21 bits per heavy atom. The SMILES string of the molecule is CC(CC(=O)c1cc(C(C)C)nc2c1cnn2C(C)C)CN(C)C. The van der Waals surface area contributed by atoms with Gasteiger partial charge in [-0.2, -0.15) is 5.10 Å². The summed E-state index contributed by atoms with van der Waals surface area (Å²) in [6.45, 7) is 11.4. The molecule has 1 unspecified atom stereocenters. The lowest BCUT2D eigenvalue weighted by molar-refractivity contribution is 0.0959. The summed E-state index contributed by atoms with van der Waals surface area (Å²) in [5.41, 5.74) is 2.54. The van der Waals surface area contributed by atoms with Crippen molar-refractivity contribution in [2.75, 3.05) is 20.6 Å². The first kappa shape index (κ1) is 18.6. The highest BCUT2D eigenvalue weighted by atomic mass is 16.1. The summed E-state index contributed by atoms with van der Waals surface area (Å²) in [7, 11) is 4.07. The van der Waals surface area contributed by atoms with Crippen molar-refractivity contribution in [2.24, 2.45) is 5.92 Å². The van der Waals surface area contributed by atoms with Crippen LogP contribution >= 0.6 is 0 Å². The van der Waals surface area contributed by atoms with Crippen molar-refractivity contribution in [1.82, 2.24) is 19.7 Å². The van der Waals surface area contributed by atoms with Gasteiger partial charge >= 0.3 is 0 Å². The summed E-state index contributed by atoms with van der Waals surface area (Å²) in [6, 6.07) is 2.18. The first-order valence-electron chi connectivity index (χ1n) is 8.76. The molecule has 5 heteroatoms. The van der Waals surface area contributed by atoms with Crippen molar-refractivity contribution >= 4 is 16.8 Å². The third-order valence-corrected chi connectivity index (χ3v) is 4.18. The largest absolute Gasteiger partial charge is 0.309 e. The van der Waals surface area contributed by atoms with Crippen LogP contribution in [0, 0.1) is 5.92 Å². The lowest BCUT2D eigenvalue weighted by Crippen LogP contribution is -2.22. The average Bonchev–Trinajstić information content (AvgIpc) is 2.88. The molecule has 2 aromatic rings. The quantitative estimate of drug-likeness (QED) is 0.722. The molecule has 2 heterocycles. The average molecular weight is 330 g/mol. The van der Waals surface area contributed by atoms with E-state index in [0.29, 0.717) is 12.3 Å². The van der Waals surface area contributed by atoms with Crippen LogP contribution in [0.3, 0.4) is 0 Å². The monoisotopic (exact) mass is 330 g/mol. The van der Waals surface area contributed by atoms with E-state index < -0.39 is 0 Å². The zero-order chi connectivity index (χ0) is 18.0. The van der Waals surface area contributed by atoms with Gasteiger partial charge in [0.15, 0.2) is 11.4 Å². The second-order valence-corrected chi connectivity index (χ2v) is 7.66. The molecule has 0 aromatic carbocycles. The van der Waals surface area contributed by atoms with Gasteiger partial charge in [-0.1, -0.05) is 20.8 Å². The topological polar surface area (TPSA) is 51.0 Å². The number of hydrogen-bond donors (Lipinski definition) is 0. The van der Waals surface area contributed by atoms with E-state index in [-0.39, 0.29) is 17.7 Å². The summed E-state index contributed by atoms with van der Waals surface area (Å²) < 4.78 is 1.90. The Morgan fingerprint density at radius 2 is 1.88 bits per heavy atom. The van der Waals surface area contributed by atoms with Crippen LogP contribution in [0.15, 0.2) is 12.3 Å². The smallest absolute Gasteiger partial charge is 0.164 e. The molecule has 2 rings (SSSR count). The molecule has 0 saturated heterocycles. The second kappa shape index (κ2) is 7.43. The van der Waals surface area contributed by atoms with Gasteiger partial charge < -0.3 is 4.90 Å². The molecule has 0 aliphatic heterocycles. The van der Waals surface area contributed by atoms with Crippen molar-refractivity contribution in [1.29, 1.82) is 0 Å². The number of nitrogens with zero attached hydrogens (tertiary/aromatic N) is 4. The molecule has 0 aliphatic carbocycles. The number of carbonyl (C=O) groups is 1. The maximum atomic E-state index is 12.9. The second-order valence-electron chi connectivity index (χ2n) is 7.66. The van der Waals surface area contributed by atoms with E-state index in [9.17, 15) is 4.79 Å². The Labute approximate surface area is 145 Å². The van der Waals surface area contributed by atoms with Gasteiger partial charge in [-0.05, 0) is 45.8 Å². The third-order valence-electron chi connectivity index (χ3n) is 4.18. The van der Waals surface area contributed by atoms with E-state index in [1.54, 1.807) is 6.20 Å². The molecular weight excluding hydrogens is 300 g/mol. The molecule has 0 bridgehead atoms. The molecule has 2 aromatic heterocycles. The predicted molar refractivity (Wildman–Crippen MR) is 98.7 cm³/mol. The molecule has 0 aliphatic rings. The summed E-state index contributed by atoms with van der Waals surface area (Å²) in [5.74, 6) is 0.774. The van der Waals surface area contributed by atoms with Gasteiger partial charge in [0, 0.05) is 35.7 Å². The Balaban J connectivity index is 2.46. The Kier molecular flexibility index (Phi) is 5.75. The van der Waals surface area contributed by atoms with E-state index in [1.807, 2.05) is 24.8 Å². The van der Waals surface area contributed by atoms with Crippen molar-refractivity contribution in [3.05, 3.63) is 23.5 Å². The van der Waals surface area contributed by atoms with Crippen molar-refractivity contribution < 1.29 is 4.79 Å². The van der Waals surface area contributed by atoms with E-state index in [1.165, 1.54) is 0 Å². The van der Waals surface area contributed by atoms with Gasteiger partial charge in [-0.25, -0.2) is 9.67 Å². The number of aromatic nitrogens is 3. The molecule has 24 heavy (non-hydrogen) atoms. The molecule has 1 atom stereocenters. The minimum absolute atomic E-state index is 0.182. The normalized spacial score (nSPS) is 13.4. The zero-order valence-corrected chi connectivity index (χ0v) is 16.0. The minimum Gasteiger partial charge on any atom is -0.309 e. The predicted octanol–water partition coefficient (Wildman–Crippen LogP) is 3.91. The third kappa shape index (κ3) is 4.01. The molecular formula is C19H30N4O. The van der Waals surface area contributed by atoms with Crippen LogP contribution in [0.4, 0.5) is 0 Å². The standard InChI is InChI=1S/C19H30N4O/c1-12(2)17-9-15(18(24)8-14(5)11-22(6)7)16-10-20-23(13(3)4)19(16)21-17/h9-10,12-14H,8,11H2,1-7H3. The van der Waals surface area contributed by atoms with Crippen molar-refractivity contribution in [2.45, 2.75) is 53.0 Å². The van der Waals surface area contributed by atoms with Gasteiger partial charge in [0.1, 0.15) is 0 Å². The highest BCUT2D eigenvalue weighted by molar-refractivity contribution is 6.06. The fraction of sp³-hybridized carbons (Fsp3) is 0.632. The van der Waals surface area contributed by atoms with E-state index >= 15 is 0 Å². The van der Waals surface area contributed by atoms with Gasteiger partial charge in [-0.15, -0.1) is 0 Å². The highest BCUT2D eigenvalue weighted by Crippen LogP contribution is 2.26. The number of carbonyl (C=O) groups excluding carboxylic acids is 1. The molecule has 0 saturated carbocycles. The van der Waals surface area contributed by atoms with Crippen LogP contribution in [-0.4, -0.2) is 46.1 Å². The number of hydrogen-bond acceptors (Lipinski definition) is 4. The first-order chi connectivity index (χ1) is 11.2. The van der Waals surface area contributed by atoms with E-state index in [2.05, 4.69) is 44.6 Å². The lowest BCUT2D eigenvalue weighted by atomic mass is 9.96. The Bertz CT molecular complexity index is 715. The van der Waals surface area contributed by atoms with Gasteiger partial charge in [0.05, 0.1) is 6.20 Å². The van der Waals surface area contributed by atoms with E-state index in [0.717, 1.165) is 28.8 Å². The maximum Gasteiger partial charge on any atom is 0.164 e. The number of fused-ring (bicyclic) bond motifs is 1. The summed E-state index contributed by atoms with van der Waals surface area (Å²) >= 11 is 0. The van der Waals surface area contributed by atoms with Crippen molar-refractivity contribution in [3.63, 3.8) is 0 Å². The molecule has 0 radical (unpaired) electrons. The van der Waals surface area contributed by atoms with Crippen LogP contribution in [0.5, 0.6) is 0 Å². The first-order valence-corrected chi connectivity index (χ1v) is 8.76. The molecule has 0 spiro atoms. The molecule has 0 N–H and O–H groups in total. The summed E-state index contributed by atoms with van der Waals surface area (Å²) in [5, 5.41) is 5.33. The fourth-order valence-electron chi connectivity index (χ4n) is 3.06. The van der Waals surface area contributed by atoms with Crippen LogP contribution in [0.2, 0.25) is 0 Å². The summed E-state index contributed by atoms with van der Waals surface area (Å²) in [6.07, 6.45) is 2.33. The Hall–Kier alpha value is -1.75.